The van der Waals surface area contributed by atoms with Crippen LogP contribution in [0.2, 0.25) is 0 Å². The summed E-state index contributed by atoms with van der Waals surface area (Å²) in [4.78, 5) is 25.5. The minimum absolute atomic E-state index is 0.216. The average Bonchev–Trinajstić information content (AvgIpc) is 2.42. The van der Waals surface area contributed by atoms with Crippen molar-refractivity contribution in [2.24, 2.45) is 5.73 Å². The fourth-order valence-electron chi connectivity index (χ4n) is 2.42. The Balaban J connectivity index is 2.06. The SMILES string of the molecule is CCOC(=O)C1=C(CN2CCC(N)CC2)NC(=O)NC1. The molecule has 2 aliphatic heterocycles. The molecule has 0 atom stereocenters. The predicted octanol–water partition coefficient (Wildman–Crippen LogP) is -0.460. The van der Waals surface area contributed by atoms with Crippen LogP contribution in [-0.2, 0) is 9.53 Å². The van der Waals surface area contributed by atoms with E-state index in [4.69, 9.17) is 10.5 Å². The van der Waals surface area contributed by atoms with E-state index in [9.17, 15) is 9.59 Å². The Morgan fingerprint density at radius 2 is 2.15 bits per heavy atom. The van der Waals surface area contributed by atoms with Gasteiger partial charge in [-0.2, -0.15) is 0 Å². The van der Waals surface area contributed by atoms with Gasteiger partial charge in [-0.05, 0) is 19.8 Å². The summed E-state index contributed by atoms with van der Waals surface area (Å²) < 4.78 is 5.03. The maximum absolute atomic E-state index is 11.9. The number of esters is 1. The first kappa shape index (κ1) is 14.8. The van der Waals surface area contributed by atoms with Gasteiger partial charge in [0.15, 0.2) is 0 Å². The summed E-state index contributed by atoms with van der Waals surface area (Å²) in [5.74, 6) is -0.372. The van der Waals surface area contributed by atoms with Gasteiger partial charge in [0.25, 0.3) is 0 Å². The molecule has 1 fully saturated rings. The number of rotatable bonds is 4. The zero-order valence-corrected chi connectivity index (χ0v) is 11.8. The smallest absolute Gasteiger partial charge is 0.337 e. The molecule has 0 aromatic carbocycles. The number of amides is 2. The van der Waals surface area contributed by atoms with Crippen LogP contribution in [0.15, 0.2) is 11.3 Å². The van der Waals surface area contributed by atoms with Gasteiger partial charge in [-0.25, -0.2) is 9.59 Å². The van der Waals surface area contributed by atoms with E-state index in [-0.39, 0.29) is 24.6 Å². The minimum Gasteiger partial charge on any atom is -0.463 e. The third-order valence-corrected chi connectivity index (χ3v) is 3.59. The lowest BCUT2D eigenvalue weighted by Crippen LogP contribution is -2.48. The molecule has 0 spiro atoms. The third kappa shape index (κ3) is 3.71. The lowest BCUT2D eigenvalue weighted by Gasteiger charge is -2.32. The maximum Gasteiger partial charge on any atom is 0.337 e. The lowest BCUT2D eigenvalue weighted by molar-refractivity contribution is -0.138. The Morgan fingerprint density at radius 1 is 1.45 bits per heavy atom. The van der Waals surface area contributed by atoms with Gasteiger partial charge in [-0.3, -0.25) is 4.90 Å². The Kier molecular flexibility index (Phi) is 4.97. The van der Waals surface area contributed by atoms with Crippen molar-refractivity contribution in [2.45, 2.75) is 25.8 Å². The molecule has 2 aliphatic rings. The highest BCUT2D eigenvalue weighted by atomic mass is 16.5. The number of carbonyl (C=O) groups is 2. The molecule has 4 N–H and O–H groups in total. The Hall–Kier alpha value is -1.60. The van der Waals surface area contributed by atoms with Crippen LogP contribution in [-0.4, -0.2) is 55.7 Å². The second-order valence-corrected chi connectivity index (χ2v) is 5.10. The predicted molar refractivity (Wildman–Crippen MR) is 73.8 cm³/mol. The van der Waals surface area contributed by atoms with Crippen molar-refractivity contribution in [3.05, 3.63) is 11.3 Å². The van der Waals surface area contributed by atoms with E-state index in [0.29, 0.717) is 24.4 Å². The average molecular weight is 282 g/mol. The minimum atomic E-state index is -0.372. The monoisotopic (exact) mass is 282 g/mol. The van der Waals surface area contributed by atoms with E-state index >= 15 is 0 Å². The summed E-state index contributed by atoms with van der Waals surface area (Å²) >= 11 is 0. The highest BCUT2D eigenvalue weighted by Crippen LogP contribution is 2.14. The van der Waals surface area contributed by atoms with E-state index in [1.165, 1.54) is 0 Å². The molecule has 0 saturated carbocycles. The van der Waals surface area contributed by atoms with Crippen LogP contribution in [0.5, 0.6) is 0 Å². The first-order valence-electron chi connectivity index (χ1n) is 7.02. The van der Waals surface area contributed by atoms with Crippen LogP contribution in [0, 0.1) is 0 Å². The van der Waals surface area contributed by atoms with Crippen molar-refractivity contribution in [3.8, 4) is 0 Å². The lowest BCUT2D eigenvalue weighted by atomic mass is 10.1. The van der Waals surface area contributed by atoms with E-state index < -0.39 is 0 Å². The first-order chi connectivity index (χ1) is 9.60. The molecular weight excluding hydrogens is 260 g/mol. The fourth-order valence-corrected chi connectivity index (χ4v) is 2.42. The van der Waals surface area contributed by atoms with Gasteiger partial charge >= 0.3 is 12.0 Å². The fraction of sp³-hybridized carbons (Fsp3) is 0.692. The van der Waals surface area contributed by atoms with Gasteiger partial charge in [0, 0.05) is 31.4 Å². The molecule has 1 saturated heterocycles. The number of urea groups is 1. The van der Waals surface area contributed by atoms with Gasteiger partial charge in [0.05, 0.1) is 18.7 Å². The summed E-state index contributed by atoms with van der Waals surface area (Å²) in [7, 11) is 0. The number of hydrogen-bond donors (Lipinski definition) is 3. The van der Waals surface area contributed by atoms with Crippen molar-refractivity contribution >= 4 is 12.0 Å². The van der Waals surface area contributed by atoms with Gasteiger partial charge < -0.3 is 21.1 Å². The molecule has 0 aliphatic carbocycles. The van der Waals surface area contributed by atoms with Gasteiger partial charge in [-0.15, -0.1) is 0 Å². The standard InChI is InChI=1S/C13H22N4O3/c1-2-20-12(18)10-7-15-13(19)16-11(10)8-17-5-3-9(14)4-6-17/h9H,2-8,14H2,1H3,(H2,15,16,19). The number of likely N-dealkylation sites (tertiary alicyclic amines) is 1. The Morgan fingerprint density at radius 3 is 2.80 bits per heavy atom. The summed E-state index contributed by atoms with van der Waals surface area (Å²) in [6.45, 7) is 4.61. The molecule has 7 nitrogen and oxygen atoms in total. The number of piperidine rings is 1. The molecule has 0 radical (unpaired) electrons. The number of ether oxygens (including phenoxy) is 1. The zero-order valence-electron chi connectivity index (χ0n) is 11.8. The van der Waals surface area contributed by atoms with Crippen LogP contribution in [0.3, 0.4) is 0 Å². The molecule has 7 heteroatoms. The Labute approximate surface area is 118 Å². The van der Waals surface area contributed by atoms with Crippen molar-refractivity contribution in [1.82, 2.24) is 15.5 Å². The maximum atomic E-state index is 11.9. The van der Waals surface area contributed by atoms with Crippen molar-refractivity contribution in [1.29, 1.82) is 0 Å². The normalized spacial score (nSPS) is 21.4. The molecule has 20 heavy (non-hydrogen) atoms. The van der Waals surface area contributed by atoms with Crippen molar-refractivity contribution < 1.29 is 14.3 Å². The molecular formula is C13H22N4O3. The highest BCUT2D eigenvalue weighted by Gasteiger charge is 2.26. The van der Waals surface area contributed by atoms with Crippen LogP contribution in [0.4, 0.5) is 4.79 Å². The van der Waals surface area contributed by atoms with Gasteiger partial charge in [-0.1, -0.05) is 0 Å². The van der Waals surface area contributed by atoms with E-state index in [0.717, 1.165) is 25.9 Å². The number of carbonyl (C=O) groups excluding carboxylic acids is 2. The van der Waals surface area contributed by atoms with Crippen molar-refractivity contribution in [3.63, 3.8) is 0 Å². The van der Waals surface area contributed by atoms with E-state index in [2.05, 4.69) is 15.5 Å². The topological polar surface area (TPSA) is 96.7 Å². The zero-order chi connectivity index (χ0) is 14.5. The number of nitrogens with zero attached hydrogens (tertiary/aromatic N) is 1. The molecule has 0 aromatic rings. The van der Waals surface area contributed by atoms with Crippen molar-refractivity contribution in [2.75, 3.05) is 32.8 Å². The van der Waals surface area contributed by atoms with E-state index in [1.54, 1.807) is 6.92 Å². The van der Waals surface area contributed by atoms with Crippen LogP contribution in [0.1, 0.15) is 19.8 Å². The van der Waals surface area contributed by atoms with Crippen LogP contribution in [0.25, 0.3) is 0 Å². The molecule has 2 amide bonds. The first-order valence-corrected chi connectivity index (χ1v) is 7.02. The largest absolute Gasteiger partial charge is 0.463 e. The molecule has 0 bridgehead atoms. The molecule has 0 unspecified atom stereocenters. The van der Waals surface area contributed by atoms with Crippen LogP contribution < -0.4 is 16.4 Å². The highest BCUT2D eigenvalue weighted by molar-refractivity contribution is 5.93. The van der Waals surface area contributed by atoms with E-state index in [1.807, 2.05) is 0 Å². The summed E-state index contributed by atoms with van der Waals surface area (Å²) in [6.07, 6.45) is 1.88. The number of nitrogens with one attached hydrogen (secondary N) is 2. The molecule has 112 valence electrons. The quantitative estimate of drug-likeness (QED) is 0.606. The summed E-state index contributed by atoms with van der Waals surface area (Å²) in [5, 5.41) is 5.32. The Bertz CT molecular complexity index is 414. The van der Waals surface area contributed by atoms with Crippen LogP contribution >= 0.6 is 0 Å². The van der Waals surface area contributed by atoms with Gasteiger partial charge in [0.2, 0.25) is 0 Å². The number of hydrogen-bond acceptors (Lipinski definition) is 5. The summed E-state index contributed by atoms with van der Waals surface area (Å²) in [5.41, 5.74) is 7.02. The second-order valence-electron chi connectivity index (χ2n) is 5.10. The van der Waals surface area contributed by atoms with Gasteiger partial charge in [0.1, 0.15) is 0 Å². The number of nitrogens with two attached hydrogens (primary N) is 1. The third-order valence-electron chi connectivity index (χ3n) is 3.59. The molecule has 2 rings (SSSR count). The molecule has 0 aromatic heterocycles. The summed E-state index contributed by atoms with van der Waals surface area (Å²) in [6, 6.07) is -0.0193. The molecule has 2 heterocycles. The second kappa shape index (κ2) is 6.71.